The highest BCUT2D eigenvalue weighted by Gasteiger charge is 1.99. The van der Waals surface area contributed by atoms with Crippen molar-refractivity contribution in [1.82, 2.24) is 5.01 Å². The van der Waals surface area contributed by atoms with Crippen LogP contribution in [0, 0.1) is 0 Å². The maximum atomic E-state index is 8.38. The van der Waals surface area contributed by atoms with Crippen molar-refractivity contribution < 1.29 is 5.11 Å². The molecule has 0 spiro atoms. The molecule has 0 aliphatic rings. The average Bonchev–Trinajstić information content (AvgIpc) is 1.65. The van der Waals surface area contributed by atoms with Gasteiger partial charge in [-0.25, -0.2) is 5.01 Å². The highest BCUT2D eigenvalue weighted by Crippen LogP contribution is 1.82. The maximum Gasteiger partial charge on any atom is 0.0597 e. The molecule has 0 aromatic rings. The van der Waals surface area contributed by atoms with E-state index in [4.69, 9.17) is 10.9 Å². The molecule has 0 heterocycles. The number of hydrogen-bond donors (Lipinski definition) is 2. The van der Waals surface area contributed by atoms with E-state index in [0.29, 0.717) is 0 Å². The molecule has 3 nitrogen and oxygen atoms in total. The Morgan fingerprint density at radius 1 is 1.86 bits per heavy atom. The first-order valence-electron chi connectivity index (χ1n) is 2.27. The fraction of sp³-hybridized carbons (Fsp3) is 1.00. The number of hydrazine groups is 1. The third-order valence-corrected chi connectivity index (χ3v) is 0.959. The summed E-state index contributed by atoms with van der Waals surface area (Å²) in [7, 11) is 1.72. The van der Waals surface area contributed by atoms with Gasteiger partial charge < -0.3 is 5.11 Å². The number of hydrogen-bond acceptors (Lipinski definition) is 3. The third-order valence-electron chi connectivity index (χ3n) is 0.959. The van der Waals surface area contributed by atoms with Crippen LogP contribution in [0.2, 0.25) is 0 Å². The molecule has 0 radical (unpaired) electrons. The summed E-state index contributed by atoms with van der Waals surface area (Å²) < 4.78 is 0. The molecule has 0 saturated carbocycles. The van der Waals surface area contributed by atoms with Gasteiger partial charge >= 0.3 is 0 Å². The number of rotatable bonds is 2. The molecule has 0 aromatic heterocycles. The Morgan fingerprint density at radius 3 is 2.29 bits per heavy atom. The molecule has 0 saturated heterocycles. The van der Waals surface area contributed by atoms with Gasteiger partial charge in [-0.15, -0.1) is 0 Å². The lowest BCUT2D eigenvalue weighted by atomic mass is 10.4. The van der Waals surface area contributed by atoms with Gasteiger partial charge in [-0.2, -0.15) is 0 Å². The van der Waals surface area contributed by atoms with E-state index < -0.39 is 0 Å². The fourth-order valence-corrected chi connectivity index (χ4v) is 0.129. The highest BCUT2D eigenvalue weighted by atomic mass is 16.3. The molecule has 1 atom stereocenters. The van der Waals surface area contributed by atoms with Crippen LogP contribution in [0.5, 0.6) is 0 Å². The summed E-state index contributed by atoms with van der Waals surface area (Å²) in [5.41, 5.74) is 0. The maximum absolute atomic E-state index is 8.38. The zero-order chi connectivity index (χ0) is 5.86. The van der Waals surface area contributed by atoms with Crippen molar-refractivity contribution >= 4 is 0 Å². The molecular weight excluding hydrogens is 92.1 g/mol. The Balaban J connectivity index is 3.14. The molecule has 0 rings (SSSR count). The lowest BCUT2D eigenvalue weighted by molar-refractivity contribution is 0.161. The van der Waals surface area contributed by atoms with Crippen molar-refractivity contribution in [1.29, 1.82) is 0 Å². The molecule has 7 heavy (non-hydrogen) atoms. The monoisotopic (exact) mass is 104 g/mol. The molecule has 0 amide bonds. The Bertz CT molecular complexity index is 47.0. The summed E-state index contributed by atoms with van der Waals surface area (Å²) in [6.45, 7) is 1.97. The summed E-state index contributed by atoms with van der Waals surface area (Å²) in [5.74, 6) is 5.22. The van der Waals surface area contributed by atoms with Gasteiger partial charge in [-0.1, -0.05) is 0 Å². The van der Waals surface area contributed by atoms with Crippen LogP contribution < -0.4 is 5.84 Å². The van der Waals surface area contributed by atoms with Crippen LogP contribution in [0.25, 0.3) is 0 Å². The Labute approximate surface area is 43.7 Å². The molecule has 0 aromatic carbocycles. The third kappa shape index (κ3) is 2.56. The predicted octanol–water partition coefficient (Wildman–Crippen LogP) is -0.827. The van der Waals surface area contributed by atoms with Gasteiger partial charge in [0.15, 0.2) is 0 Å². The summed E-state index contributed by atoms with van der Waals surface area (Å²) in [6.07, 6.45) is 0. The SMILES string of the molecule is CC(CO)N(C)N. The number of likely N-dealkylation sites (N-methyl/N-ethyl adjacent to an activating group) is 1. The van der Waals surface area contributed by atoms with Crippen LogP contribution >= 0.6 is 0 Å². The first-order chi connectivity index (χ1) is 3.18. The Morgan fingerprint density at radius 2 is 2.29 bits per heavy atom. The quantitative estimate of drug-likeness (QED) is 0.355. The number of nitrogens with two attached hydrogens (primary N) is 1. The minimum Gasteiger partial charge on any atom is -0.395 e. The second-order valence-corrected chi connectivity index (χ2v) is 1.70. The van der Waals surface area contributed by atoms with E-state index in [-0.39, 0.29) is 12.6 Å². The van der Waals surface area contributed by atoms with Crippen LogP contribution in [0.15, 0.2) is 0 Å². The molecule has 3 N–H and O–H groups in total. The van der Waals surface area contributed by atoms with Crippen LogP contribution in [-0.2, 0) is 0 Å². The molecule has 0 aliphatic heterocycles. The van der Waals surface area contributed by atoms with E-state index in [9.17, 15) is 0 Å². The average molecular weight is 104 g/mol. The zero-order valence-corrected chi connectivity index (χ0v) is 4.76. The lowest BCUT2D eigenvalue weighted by Crippen LogP contribution is -2.37. The van der Waals surface area contributed by atoms with Crippen LogP contribution in [0.3, 0.4) is 0 Å². The van der Waals surface area contributed by atoms with Crippen molar-refractivity contribution in [3.63, 3.8) is 0 Å². The van der Waals surface area contributed by atoms with Crippen LogP contribution in [0.1, 0.15) is 6.92 Å². The van der Waals surface area contributed by atoms with Crippen LogP contribution in [0.4, 0.5) is 0 Å². The molecule has 1 unspecified atom stereocenters. The van der Waals surface area contributed by atoms with Gasteiger partial charge in [0.25, 0.3) is 0 Å². The van der Waals surface area contributed by atoms with E-state index in [0.717, 1.165) is 0 Å². The number of aliphatic hydroxyl groups excluding tert-OH is 1. The Hall–Kier alpha value is -0.120. The van der Waals surface area contributed by atoms with Gasteiger partial charge in [-0.3, -0.25) is 5.84 Å². The van der Waals surface area contributed by atoms with Crippen molar-refractivity contribution in [2.75, 3.05) is 13.7 Å². The predicted molar refractivity (Wildman–Crippen MR) is 28.5 cm³/mol. The summed E-state index contributed by atoms with van der Waals surface area (Å²) in [5, 5.41) is 9.86. The fourth-order valence-electron chi connectivity index (χ4n) is 0.129. The molecule has 44 valence electrons. The second kappa shape index (κ2) is 2.96. The Kier molecular flexibility index (Phi) is 2.91. The first-order valence-corrected chi connectivity index (χ1v) is 2.27. The van der Waals surface area contributed by atoms with Crippen molar-refractivity contribution in [3.8, 4) is 0 Å². The summed E-state index contributed by atoms with van der Waals surface area (Å²) >= 11 is 0. The number of nitrogens with zero attached hydrogens (tertiary/aromatic N) is 1. The van der Waals surface area contributed by atoms with Gasteiger partial charge in [-0.05, 0) is 6.92 Å². The highest BCUT2D eigenvalue weighted by molar-refractivity contribution is 4.51. The van der Waals surface area contributed by atoms with Gasteiger partial charge in [0.05, 0.1) is 6.61 Å². The minimum atomic E-state index is 0.0694. The van der Waals surface area contributed by atoms with Gasteiger partial charge in [0.1, 0.15) is 0 Å². The van der Waals surface area contributed by atoms with E-state index in [1.807, 2.05) is 6.92 Å². The second-order valence-electron chi connectivity index (χ2n) is 1.70. The molecule has 0 aliphatic carbocycles. The first kappa shape index (κ1) is 6.88. The molecule has 0 fully saturated rings. The summed E-state index contributed by atoms with van der Waals surface area (Å²) in [4.78, 5) is 0. The molecular formula is C4H12N2O. The largest absolute Gasteiger partial charge is 0.395 e. The van der Waals surface area contributed by atoms with Crippen molar-refractivity contribution in [2.24, 2.45) is 5.84 Å². The van der Waals surface area contributed by atoms with E-state index >= 15 is 0 Å². The van der Waals surface area contributed by atoms with Crippen molar-refractivity contribution in [2.45, 2.75) is 13.0 Å². The molecule has 3 heteroatoms. The van der Waals surface area contributed by atoms with Gasteiger partial charge in [0.2, 0.25) is 0 Å². The normalized spacial score (nSPS) is 15.0. The summed E-state index contributed by atoms with van der Waals surface area (Å²) in [6, 6.07) is 0.0694. The van der Waals surface area contributed by atoms with Crippen LogP contribution in [-0.4, -0.2) is 29.8 Å². The van der Waals surface area contributed by atoms with Gasteiger partial charge in [0, 0.05) is 13.1 Å². The van der Waals surface area contributed by atoms with E-state index in [1.165, 1.54) is 5.01 Å². The minimum absolute atomic E-state index is 0.0694. The topological polar surface area (TPSA) is 49.5 Å². The standard InChI is InChI=1S/C4H12N2O/c1-4(3-7)6(2)5/h4,7H,3,5H2,1-2H3. The molecule has 0 bridgehead atoms. The van der Waals surface area contributed by atoms with Crippen molar-refractivity contribution in [3.05, 3.63) is 0 Å². The number of aliphatic hydroxyl groups is 1. The smallest absolute Gasteiger partial charge is 0.0597 e. The van der Waals surface area contributed by atoms with E-state index in [1.54, 1.807) is 7.05 Å². The van der Waals surface area contributed by atoms with E-state index in [2.05, 4.69) is 0 Å². The lowest BCUT2D eigenvalue weighted by Gasteiger charge is -2.15. The zero-order valence-electron chi connectivity index (χ0n) is 4.76.